The van der Waals surface area contributed by atoms with E-state index in [1.54, 1.807) is 19.9 Å². The summed E-state index contributed by atoms with van der Waals surface area (Å²) in [6, 6.07) is 0. The number of hydrogen-bond acceptors (Lipinski definition) is 3. The van der Waals surface area contributed by atoms with Crippen LogP contribution in [0.15, 0.2) is 11.6 Å². The van der Waals surface area contributed by atoms with Crippen LogP contribution < -0.4 is 0 Å². The first-order valence-corrected chi connectivity index (χ1v) is 6.80. The maximum absolute atomic E-state index is 12.1. The molecule has 3 nitrogen and oxygen atoms in total. The Morgan fingerprint density at radius 1 is 1.44 bits per heavy atom. The standard InChI is InChI=1S/C15H24O3/c1-9-5-11(16)6-10-7-13(17)12(14(2,3)18)8-15(9,10)4/h7,9,11-12,16,18H,5-6,8H2,1-4H3. The molecule has 0 spiro atoms. The Morgan fingerprint density at radius 2 is 2.06 bits per heavy atom. The molecule has 2 aliphatic carbocycles. The van der Waals surface area contributed by atoms with Crippen LogP contribution in [0.1, 0.15) is 47.0 Å². The first-order valence-electron chi connectivity index (χ1n) is 6.80. The summed E-state index contributed by atoms with van der Waals surface area (Å²) in [7, 11) is 0. The Bertz CT molecular complexity index is 391. The molecule has 0 amide bonds. The van der Waals surface area contributed by atoms with Gasteiger partial charge in [0.05, 0.1) is 17.6 Å². The first kappa shape index (κ1) is 13.8. The highest BCUT2D eigenvalue weighted by Crippen LogP contribution is 2.52. The van der Waals surface area contributed by atoms with Crippen LogP contribution in [0.5, 0.6) is 0 Å². The molecular weight excluding hydrogens is 228 g/mol. The number of aliphatic hydroxyl groups excluding tert-OH is 1. The topological polar surface area (TPSA) is 57.5 Å². The molecule has 2 rings (SSSR count). The van der Waals surface area contributed by atoms with Crippen LogP contribution in [-0.4, -0.2) is 27.7 Å². The summed E-state index contributed by atoms with van der Waals surface area (Å²) in [4.78, 5) is 12.1. The van der Waals surface area contributed by atoms with Crippen molar-refractivity contribution in [1.29, 1.82) is 0 Å². The third-order valence-electron chi connectivity index (χ3n) is 5.04. The number of fused-ring (bicyclic) bond motifs is 1. The molecule has 4 unspecified atom stereocenters. The zero-order valence-corrected chi connectivity index (χ0v) is 11.7. The van der Waals surface area contributed by atoms with Crippen molar-refractivity contribution in [3.63, 3.8) is 0 Å². The van der Waals surface area contributed by atoms with Crippen molar-refractivity contribution in [1.82, 2.24) is 0 Å². The molecular formula is C15H24O3. The summed E-state index contributed by atoms with van der Waals surface area (Å²) in [5.74, 6) is 0.0191. The Morgan fingerprint density at radius 3 is 2.61 bits per heavy atom. The number of carbonyl (C=O) groups is 1. The summed E-state index contributed by atoms with van der Waals surface area (Å²) in [6.07, 6.45) is 3.43. The lowest BCUT2D eigenvalue weighted by Gasteiger charge is -2.49. The highest BCUT2D eigenvalue weighted by atomic mass is 16.3. The molecule has 0 aromatic carbocycles. The molecule has 2 N–H and O–H groups in total. The van der Waals surface area contributed by atoms with E-state index in [4.69, 9.17) is 0 Å². The second kappa shape index (κ2) is 4.17. The van der Waals surface area contributed by atoms with Gasteiger partial charge in [-0.2, -0.15) is 0 Å². The van der Waals surface area contributed by atoms with Gasteiger partial charge < -0.3 is 10.2 Å². The third kappa shape index (κ3) is 2.14. The van der Waals surface area contributed by atoms with E-state index in [0.717, 1.165) is 12.0 Å². The maximum Gasteiger partial charge on any atom is 0.161 e. The number of aliphatic hydroxyl groups is 2. The van der Waals surface area contributed by atoms with Crippen LogP contribution in [0.3, 0.4) is 0 Å². The van der Waals surface area contributed by atoms with Gasteiger partial charge in [0.15, 0.2) is 5.78 Å². The van der Waals surface area contributed by atoms with Gasteiger partial charge >= 0.3 is 0 Å². The van der Waals surface area contributed by atoms with Gasteiger partial charge in [-0.05, 0) is 50.5 Å². The van der Waals surface area contributed by atoms with Crippen molar-refractivity contribution in [2.45, 2.75) is 58.7 Å². The van der Waals surface area contributed by atoms with E-state index in [1.807, 2.05) is 0 Å². The van der Waals surface area contributed by atoms with Crippen LogP contribution in [0.25, 0.3) is 0 Å². The number of hydrogen-bond donors (Lipinski definition) is 2. The zero-order chi connectivity index (χ0) is 13.7. The summed E-state index contributed by atoms with van der Waals surface area (Å²) in [5, 5.41) is 20.0. The molecule has 102 valence electrons. The smallest absolute Gasteiger partial charge is 0.161 e. The molecule has 0 saturated heterocycles. The van der Waals surface area contributed by atoms with Gasteiger partial charge in [0, 0.05) is 0 Å². The Kier molecular flexibility index (Phi) is 3.19. The van der Waals surface area contributed by atoms with E-state index in [2.05, 4.69) is 13.8 Å². The first-order chi connectivity index (χ1) is 8.14. The van der Waals surface area contributed by atoms with Crippen molar-refractivity contribution in [3.05, 3.63) is 11.6 Å². The molecule has 18 heavy (non-hydrogen) atoms. The molecule has 1 fully saturated rings. The molecule has 0 aliphatic heterocycles. The van der Waals surface area contributed by atoms with Gasteiger partial charge in [-0.3, -0.25) is 4.79 Å². The van der Waals surface area contributed by atoms with Gasteiger partial charge in [-0.25, -0.2) is 0 Å². The summed E-state index contributed by atoms with van der Waals surface area (Å²) in [5.41, 5.74) is 0.0367. The minimum Gasteiger partial charge on any atom is -0.393 e. The normalized spacial score (nSPS) is 41.3. The lowest BCUT2D eigenvalue weighted by molar-refractivity contribution is -0.130. The SMILES string of the molecule is CC1CC(O)CC2=CC(=O)C(C(C)(C)O)CC21C. The van der Waals surface area contributed by atoms with Crippen LogP contribution in [0.4, 0.5) is 0 Å². The van der Waals surface area contributed by atoms with Crippen LogP contribution in [-0.2, 0) is 4.79 Å². The van der Waals surface area contributed by atoms with Crippen LogP contribution in [0.2, 0.25) is 0 Å². The number of allylic oxidation sites excluding steroid dienone is 1. The molecule has 0 bridgehead atoms. The Hall–Kier alpha value is -0.670. The van der Waals surface area contributed by atoms with Crippen molar-refractivity contribution in [2.24, 2.45) is 17.3 Å². The van der Waals surface area contributed by atoms with Crippen LogP contribution in [0, 0.1) is 17.3 Å². The average Bonchev–Trinajstić information content (AvgIpc) is 2.19. The van der Waals surface area contributed by atoms with Crippen molar-refractivity contribution < 1.29 is 15.0 Å². The van der Waals surface area contributed by atoms with E-state index < -0.39 is 5.60 Å². The van der Waals surface area contributed by atoms with Crippen molar-refractivity contribution >= 4 is 5.78 Å². The maximum atomic E-state index is 12.1. The Balaban J connectivity index is 2.38. The lowest BCUT2D eigenvalue weighted by Crippen LogP contribution is -2.48. The van der Waals surface area contributed by atoms with E-state index in [0.29, 0.717) is 18.8 Å². The molecule has 3 heteroatoms. The van der Waals surface area contributed by atoms with Crippen molar-refractivity contribution in [3.8, 4) is 0 Å². The van der Waals surface area contributed by atoms with Crippen molar-refractivity contribution in [2.75, 3.05) is 0 Å². The van der Waals surface area contributed by atoms with Gasteiger partial charge in [-0.15, -0.1) is 0 Å². The molecule has 4 atom stereocenters. The average molecular weight is 252 g/mol. The molecule has 0 heterocycles. The minimum atomic E-state index is -0.974. The predicted molar refractivity (Wildman–Crippen MR) is 70.0 cm³/mol. The van der Waals surface area contributed by atoms with Gasteiger partial charge in [0.1, 0.15) is 0 Å². The predicted octanol–water partition coefficient (Wildman–Crippen LogP) is 2.07. The molecule has 0 radical (unpaired) electrons. The highest BCUT2D eigenvalue weighted by Gasteiger charge is 2.49. The molecule has 2 aliphatic rings. The molecule has 1 saturated carbocycles. The van der Waals surface area contributed by atoms with Gasteiger partial charge in [-0.1, -0.05) is 19.4 Å². The summed E-state index contributed by atoms with van der Waals surface area (Å²) >= 11 is 0. The van der Waals surface area contributed by atoms with E-state index in [9.17, 15) is 15.0 Å². The second-order valence-electron chi connectivity index (χ2n) is 6.89. The van der Waals surface area contributed by atoms with Crippen LogP contribution >= 0.6 is 0 Å². The molecule has 0 aromatic heterocycles. The quantitative estimate of drug-likeness (QED) is 0.751. The number of carbonyl (C=O) groups excluding carboxylic acids is 1. The number of ketones is 1. The third-order valence-corrected chi connectivity index (χ3v) is 5.04. The van der Waals surface area contributed by atoms with Gasteiger partial charge in [0.25, 0.3) is 0 Å². The molecule has 0 aromatic rings. The largest absolute Gasteiger partial charge is 0.393 e. The zero-order valence-electron chi connectivity index (χ0n) is 11.7. The fourth-order valence-corrected chi connectivity index (χ4v) is 3.51. The Labute approximate surface area is 109 Å². The lowest BCUT2D eigenvalue weighted by atomic mass is 9.56. The van der Waals surface area contributed by atoms with E-state index >= 15 is 0 Å². The summed E-state index contributed by atoms with van der Waals surface area (Å²) in [6.45, 7) is 7.72. The second-order valence-corrected chi connectivity index (χ2v) is 6.89. The summed E-state index contributed by atoms with van der Waals surface area (Å²) < 4.78 is 0. The van der Waals surface area contributed by atoms with E-state index in [-0.39, 0.29) is 23.2 Å². The van der Waals surface area contributed by atoms with Gasteiger partial charge in [0.2, 0.25) is 0 Å². The monoisotopic (exact) mass is 252 g/mol. The van der Waals surface area contributed by atoms with E-state index in [1.165, 1.54) is 0 Å². The fraction of sp³-hybridized carbons (Fsp3) is 0.800. The minimum absolute atomic E-state index is 0.0104. The fourth-order valence-electron chi connectivity index (χ4n) is 3.51. The number of rotatable bonds is 1. The highest BCUT2D eigenvalue weighted by molar-refractivity contribution is 5.94.